The quantitative estimate of drug-likeness (QED) is 0.631. The Bertz CT molecular complexity index is 1080. The Morgan fingerprint density at radius 3 is 2.87 bits per heavy atom. The normalized spacial score (nSPS) is 14.7. The lowest BCUT2D eigenvalue weighted by Gasteiger charge is -2.15. The number of benzene rings is 2. The lowest BCUT2D eigenvalue weighted by molar-refractivity contribution is -0.122. The van der Waals surface area contributed by atoms with Crippen LogP contribution in [0.15, 0.2) is 49.1 Å². The van der Waals surface area contributed by atoms with E-state index < -0.39 is 5.97 Å². The Morgan fingerprint density at radius 2 is 2.10 bits per heavy atom. The maximum Gasteiger partial charge on any atom is 0.338 e. The summed E-state index contributed by atoms with van der Waals surface area (Å²) >= 11 is 0. The van der Waals surface area contributed by atoms with Crippen molar-refractivity contribution in [3.63, 3.8) is 0 Å². The molecule has 1 aliphatic heterocycles. The molecule has 1 aromatic heterocycles. The molecule has 1 aliphatic rings. The molecule has 0 fully saturated rings. The van der Waals surface area contributed by atoms with Gasteiger partial charge < -0.3 is 14.8 Å². The summed E-state index contributed by atoms with van der Waals surface area (Å²) in [5, 5.41) is 6.81. The SMILES string of the molecule is COC(=O)c1ccccc1-c1cc(C)cc2c1OC(CNC(=O)Cn1cncn1)C2. The van der Waals surface area contributed by atoms with Crippen LogP contribution in [0.1, 0.15) is 21.5 Å². The van der Waals surface area contributed by atoms with Crippen molar-refractivity contribution < 1.29 is 19.1 Å². The summed E-state index contributed by atoms with van der Waals surface area (Å²) in [6.07, 6.45) is 3.37. The summed E-state index contributed by atoms with van der Waals surface area (Å²) in [5.74, 6) is 0.191. The Morgan fingerprint density at radius 1 is 1.27 bits per heavy atom. The van der Waals surface area contributed by atoms with Gasteiger partial charge in [0.15, 0.2) is 0 Å². The Hall–Kier alpha value is -3.68. The molecule has 4 rings (SSSR count). The van der Waals surface area contributed by atoms with E-state index in [0.29, 0.717) is 18.5 Å². The number of fused-ring (bicyclic) bond motifs is 1. The number of nitrogens with zero attached hydrogens (tertiary/aromatic N) is 3. The molecular weight excluding hydrogens is 384 g/mol. The summed E-state index contributed by atoms with van der Waals surface area (Å²) in [7, 11) is 1.37. The van der Waals surface area contributed by atoms with Crippen LogP contribution in [0.3, 0.4) is 0 Å². The molecule has 2 heterocycles. The number of aryl methyl sites for hydroxylation is 1. The van der Waals surface area contributed by atoms with Crippen LogP contribution in [0.2, 0.25) is 0 Å². The Labute approximate surface area is 173 Å². The standard InChI is InChI=1S/C22H22N4O4/c1-14-7-15-9-16(10-24-20(27)11-26-13-23-12-25-26)30-21(15)19(8-14)17-5-3-4-6-18(17)22(28)29-2/h3-8,12-13,16H,9-11H2,1-2H3,(H,24,27). The van der Waals surface area contributed by atoms with E-state index in [-0.39, 0.29) is 18.6 Å². The molecule has 2 aromatic carbocycles. The first-order valence-electron chi connectivity index (χ1n) is 9.62. The lowest BCUT2D eigenvalue weighted by Crippen LogP contribution is -2.36. The summed E-state index contributed by atoms with van der Waals surface area (Å²) in [6.45, 7) is 2.49. The molecule has 154 valence electrons. The van der Waals surface area contributed by atoms with Gasteiger partial charge in [-0.05, 0) is 35.7 Å². The van der Waals surface area contributed by atoms with Crippen LogP contribution in [0, 0.1) is 6.92 Å². The molecule has 0 spiro atoms. The molecule has 8 nitrogen and oxygen atoms in total. The van der Waals surface area contributed by atoms with E-state index in [0.717, 1.165) is 28.0 Å². The zero-order chi connectivity index (χ0) is 21.1. The van der Waals surface area contributed by atoms with E-state index in [4.69, 9.17) is 9.47 Å². The number of esters is 1. The number of hydrogen-bond donors (Lipinski definition) is 1. The highest BCUT2D eigenvalue weighted by molar-refractivity contribution is 5.98. The van der Waals surface area contributed by atoms with E-state index in [1.54, 1.807) is 12.1 Å². The number of rotatable bonds is 6. The van der Waals surface area contributed by atoms with Gasteiger partial charge >= 0.3 is 5.97 Å². The zero-order valence-corrected chi connectivity index (χ0v) is 16.8. The molecule has 0 bridgehead atoms. The highest BCUT2D eigenvalue weighted by Gasteiger charge is 2.28. The van der Waals surface area contributed by atoms with Gasteiger partial charge in [0, 0.05) is 12.0 Å². The minimum Gasteiger partial charge on any atom is -0.487 e. The second kappa shape index (κ2) is 8.36. The van der Waals surface area contributed by atoms with Crippen LogP contribution < -0.4 is 10.1 Å². The van der Waals surface area contributed by atoms with Crippen LogP contribution in [0.25, 0.3) is 11.1 Å². The third-order valence-corrected chi connectivity index (χ3v) is 4.96. The number of nitrogens with one attached hydrogen (secondary N) is 1. The van der Waals surface area contributed by atoms with Crippen LogP contribution >= 0.6 is 0 Å². The number of aromatic nitrogens is 3. The zero-order valence-electron chi connectivity index (χ0n) is 16.8. The molecule has 1 atom stereocenters. The van der Waals surface area contributed by atoms with Gasteiger partial charge in [0.1, 0.15) is 31.1 Å². The van der Waals surface area contributed by atoms with Crippen LogP contribution in [-0.2, 0) is 22.5 Å². The minimum absolute atomic E-state index is 0.108. The van der Waals surface area contributed by atoms with E-state index in [1.165, 1.54) is 24.4 Å². The number of hydrogen-bond acceptors (Lipinski definition) is 6. The first-order valence-corrected chi connectivity index (χ1v) is 9.62. The highest BCUT2D eigenvalue weighted by atomic mass is 16.5. The fourth-order valence-electron chi connectivity index (χ4n) is 3.66. The molecule has 1 amide bonds. The second-order valence-electron chi connectivity index (χ2n) is 7.18. The molecule has 0 saturated carbocycles. The smallest absolute Gasteiger partial charge is 0.338 e. The van der Waals surface area contributed by atoms with Gasteiger partial charge in [-0.15, -0.1) is 0 Å². The van der Waals surface area contributed by atoms with Gasteiger partial charge in [-0.3, -0.25) is 4.79 Å². The predicted octanol–water partition coefficient (Wildman–Crippen LogP) is 2.16. The minimum atomic E-state index is -0.393. The summed E-state index contributed by atoms with van der Waals surface area (Å²) < 4.78 is 12.6. The third-order valence-electron chi connectivity index (χ3n) is 4.96. The van der Waals surface area contributed by atoms with E-state index >= 15 is 0 Å². The molecule has 8 heteroatoms. The van der Waals surface area contributed by atoms with Crippen molar-refractivity contribution >= 4 is 11.9 Å². The maximum atomic E-state index is 12.2. The van der Waals surface area contributed by atoms with Crippen LogP contribution in [0.5, 0.6) is 5.75 Å². The molecule has 30 heavy (non-hydrogen) atoms. The molecule has 3 aromatic rings. The van der Waals surface area contributed by atoms with Crippen molar-refractivity contribution in [3.8, 4) is 16.9 Å². The van der Waals surface area contributed by atoms with Crippen LogP contribution in [0.4, 0.5) is 0 Å². The topological polar surface area (TPSA) is 95.3 Å². The fraction of sp³-hybridized carbons (Fsp3) is 0.273. The first-order chi connectivity index (χ1) is 14.5. The second-order valence-corrected chi connectivity index (χ2v) is 7.18. The van der Waals surface area contributed by atoms with Crippen molar-refractivity contribution in [2.45, 2.75) is 26.0 Å². The van der Waals surface area contributed by atoms with E-state index in [9.17, 15) is 9.59 Å². The fourth-order valence-corrected chi connectivity index (χ4v) is 3.66. The lowest BCUT2D eigenvalue weighted by atomic mass is 9.94. The average molecular weight is 406 g/mol. The van der Waals surface area contributed by atoms with Crippen molar-refractivity contribution in [2.24, 2.45) is 0 Å². The number of ether oxygens (including phenoxy) is 2. The van der Waals surface area contributed by atoms with Crippen molar-refractivity contribution in [1.82, 2.24) is 20.1 Å². The van der Waals surface area contributed by atoms with Gasteiger partial charge in [0.25, 0.3) is 0 Å². The van der Waals surface area contributed by atoms with Gasteiger partial charge in [-0.2, -0.15) is 5.10 Å². The molecule has 0 saturated heterocycles. The molecule has 1 unspecified atom stereocenters. The number of carbonyl (C=O) groups is 2. The van der Waals surface area contributed by atoms with Gasteiger partial charge in [-0.1, -0.05) is 24.3 Å². The highest BCUT2D eigenvalue weighted by Crippen LogP contribution is 2.41. The first kappa shape index (κ1) is 19.6. The monoisotopic (exact) mass is 406 g/mol. The van der Waals surface area contributed by atoms with Gasteiger partial charge in [-0.25, -0.2) is 14.5 Å². The Balaban J connectivity index is 1.53. The summed E-state index contributed by atoms with van der Waals surface area (Å²) in [6, 6.07) is 11.4. The van der Waals surface area contributed by atoms with Gasteiger partial charge in [0.05, 0.1) is 19.2 Å². The molecule has 0 radical (unpaired) electrons. The Kier molecular flexibility index (Phi) is 5.47. The third kappa shape index (κ3) is 4.03. The number of amides is 1. The predicted molar refractivity (Wildman–Crippen MR) is 109 cm³/mol. The van der Waals surface area contributed by atoms with Gasteiger partial charge in [0.2, 0.25) is 5.91 Å². The van der Waals surface area contributed by atoms with Crippen molar-refractivity contribution in [3.05, 3.63) is 65.7 Å². The van der Waals surface area contributed by atoms with Crippen LogP contribution in [-0.4, -0.2) is 46.4 Å². The van der Waals surface area contributed by atoms with Crippen molar-refractivity contribution in [1.29, 1.82) is 0 Å². The average Bonchev–Trinajstić information content (AvgIpc) is 3.40. The molecule has 1 N–H and O–H groups in total. The largest absolute Gasteiger partial charge is 0.487 e. The maximum absolute atomic E-state index is 12.2. The number of carbonyl (C=O) groups excluding carboxylic acids is 2. The van der Waals surface area contributed by atoms with E-state index in [2.05, 4.69) is 21.5 Å². The molecule has 0 aliphatic carbocycles. The molecular formula is C22H22N4O4. The van der Waals surface area contributed by atoms with Crippen molar-refractivity contribution in [2.75, 3.05) is 13.7 Å². The summed E-state index contributed by atoms with van der Waals surface area (Å²) in [5.41, 5.74) is 4.23. The summed E-state index contributed by atoms with van der Waals surface area (Å²) in [4.78, 5) is 28.2. The number of methoxy groups -OCH3 is 1. The van der Waals surface area contributed by atoms with E-state index in [1.807, 2.05) is 25.1 Å².